The zero-order chi connectivity index (χ0) is 23.4. The number of anilines is 1. The SMILES string of the molecule is COc1cnc2ccc(=O)n(CCN3CCN(C(=O)Nc4ccc([N+](=O)[O-])cc4)CC3)c2c1. The fourth-order valence-corrected chi connectivity index (χ4v) is 3.78. The zero-order valence-electron chi connectivity index (χ0n) is 18.1. The van der Waals surface area contributed by atoms with Crippen molar-refractivity contribution in [3.63, 3.8) is 0 Å². The lowest BCUT2D eigenvalue weighted by Crippen LogP contribution is -2.50. The summed E-state index contributed by atoms with van der Waals surface area (Å²) in [5.74, 6) is 0.592. The number of non-ortho nitro benzene ring substituents is 1. The molecular formula is C22H24N6O5. The van der Waals surface area contributed by atoms with Crippen LogP contribution in [0.1, 0.15) is 0 Å². The molecule has 11 nitrogen and oxygen atoms in total. The number of nitro benzene ring substituents is 1. The third-order valence-electron chi connectivity index (χ3n) is 5.68. The van der Waals surface area contributed by atoms with Gasteiger partial charge >= 0.3 is 6.03 Å². The molecule has 2 amide bonds. The lowest BCUT2D eigenvalue weighted by atomic mass is 10.2. The maximum Gasteiger partial charge on any atom is 0.321 e. The van der Waals surface area contributed by atoms with E-state index in [0.29, 0.717) is 50.7 Å². The predicted octanol–water partition coefficient (Wildman–Crippen LogP) is 2.16. The topological polar surface area (TPSA) is 123 Å². The van der Waals surface area contributed by atoms with E-state index in [2.05, 4.69) is 15.2 Å². The summed E-state index contributed by atoms with van der Waals surface area (Å²) in [5, 5.41) is 13.5. The minimum absolute atomic E-state index is 0.0267. The maximum absolute atomic E-state index is 12.5. The molecule has 0 spiro atoms. The standard InChI is InChI=1S/C22H24N6O5/c1-33-18-14-20-19(23-15-18)6-7-21(29)27(20)13-10-25-8-11-26(12-9-25)22(30)24-16-2-4-17(5-3-16)28(31)32/h2-7,14-15H,8-13H2,1H3,(H,24,30). The summed E-state index contributed by atoms with van der Waals surface area (Å²) in [5.41, 5.74) is 1.83. The van der Waals surface area contributed by atoms with Gasteiger partial charge in [-0.2, -0.15) is 0 Å². The van der Waals surface area contributed by atoms with E-state index in [1.165, 1.54) is 30.3 Å². The quantitative estimate of drug-likeness (QED) is 0.449. The van der Waals surface area contributed by atoms with Gasteiger partial charge in [0, 0.05) is 69.2 Å². The number of nitrogens with zero attached hydrogens (tertiary/aromatic N) is 5. The summed E-state index contributed by atoms with van der Waals surface area (Å²) in [6, 6.07) is 10.5. The van der Waals surface area contributed by atoms with Crippen LogP contribution in [0, 0.1) is 10.1 Å². The van der Waals surface area contributed by atoms with Crippen molar-refractivity contribution < 1.29 is 14.5 Å². The largest absolute Gasteiger partial charge is 0.495 e. The van der Waals surface area contributed by atoms with Gasteiger partial charge < -0.3 is 19.5 Å². The number of aromatic nitrogens is 2. The Morgan fingerprint density at radius 2 is 1.85 bits per heavy atom. The molecule has 1 aliphatic heterocycles. The first-order valence-corrected chi connectivity index (χ1v) is 10.5. The molecule has 0 radical (unpaired) electrons. The second-order valence-corrected chi connectivity index (χ2v) is 7.67. The van der Waals surface area contributed by atoms with Gasteiger partial charge in [-0.3, -0.25) is 24.8 Å². The second-order valence-electron chi connectivity index (χ2n) is 7.67. The zero-order valence-corrected chi connectivity index (χ0v) is 18.1. The van der Waals surface area contributed by atoms with Gasteiger partial charge in [-0.15, -0.1) is 0 Å². The molecule has 3 heterocycles. The van der Waals surface area contributed by atoms with Crippen molar-refractivity contribution in [2.24, 2.45) is 0 Å². The molecule has 1 aliphatic rings. The highest BCUT2D eigenvalue weighted by Gasteiger charge is 2.21. The van der Waals surface area contributed by atoms with Crippen LogP contribution in [0.2, 0.25) is 0 Å². The first kappa shape index (κ1) is 22.2. The first-order valence-electron chi connectivity index (χ1n) is 10.5. The third-order valence-corrected chi connectivity index (χ3v) is 5.68. The summed E-state index contributed by atoms with van der Waals surface area (Å²) in [7, 11) is 1.56. The number of carbonyl (C=O) groups excluding carboxylic acids is 1. The smallest absolute Gasteiger partial charge is 0.321 e. The van der Waals surface area contributed by atoms with E-state index in [1.807, 2.05) is 6.07 Å². The summed E-state index contributed by atoms with van der Waals surface area (Å²) in [4.78, 5) is 43.5. The summed E-state index contributed by atoms with van der Waals surface area (Å²) < 4.78 is 6.94. The van der Waals surface area contributed by atoms with E-state index in [4.69, 9.17) is 4.74 Å². The number of hydrogen-bond donors (Lipinski definition) is 1. The Labute approximate surface area is 189 Å². The third kappa shape index (κ3) is 5.09. The molecule has 2 aromatic heterocycles. The van der Waals surface area contributed by atoms with Gasteiger partial charge in [-0.05, 0) is 18.2 Å². The highest BCUT2D eigenvalue weighted by molar-refractivity contribution is 5.89. The Morgan fingerprint density at radius 3 is 2.52 bits per heavy atom. The van der Waals surface area contributed by atoms with Gasteiger partial charge in [0.25, 0.3) is 11.2 Å². The van der Waals surface area contributed by atoms with Crippen LogP contribution >= 0.6 is 0 Å². The normalized spacial score (nSPS) is 14.3. The van der Waals surface area contributed by atoms with Crippen molar-refractivity contribution in [3.8, 4) is 5.75 Å². The molecule has 0 unspecified atom stereocenters. The van der Waals surface area contributed by atoms with Gasteiger partial charge in [0.2, 0.25) is 0 Å². The average Bonchev–Trinajstić information content (AvgIpc) is 2.83. The van der Waals surface area contributed by atoms with Crippen LogP contribution in [-0.4, -0.2) is 70.1 Å². The molecule has 11 heteroatoms. The Hall–Kier alpha value is -3.99. The molecule has 4 rings (SSSR count). The van der Waals surface area contributed by atoms with Crippen LogP contribution in [0.5, 0.6) is 5.75 Å². The Bertz CT molecular complexity index is 1220. The number of piperazine rings is 1. The Balaban J connectivity index is 1.32. The predicted molar refractivity (Wildman–Crippen MR) is 123 cm³/mol. The number of hydrogen-bond acceptors (Lipinski definition) is 7. The van der Waals surface area contributed by atoms with Gasteiger partial charge in [0.1, 0.15) is 5.75 Å². The number of ether oxygens (including phenoxy) is 1. The molecule has 0 bridgehead atoms. The monoisotopic (exact) mass is 452 g/mol. The lowest BCUT2D eigenvalue weighted by molar-refractivity contribution is -0.384. The van der Waals surface area contributed by atoms with Crippen molar-refractivity contribution in [1.82, 2.24) is 19.4 Å². The van der Waals surface area contributed by atoms with E-state index in [0.717, 1.165) is 11.0 Å². The number of fused-ring (bicyclic) bond motifs is 1. The van der Waals surface area contributed by atoms with E-state index in [-0.39, 0.29) is 17.3 Å². The van der Waals surface area contributed by atoms with Crippen molar-refractivity contribution in [2.75, 3.05) is 45.2 Å². The molecule has 1 aromatic carbocycles. The van der Waals surface area contributed by atoms with Gasteiger partial charge in [0.15, 0.2) is 0 Å². The molecule has 1 saturated heterocycles. The Morgan fingerprint density at radius 1 is 1.12 bits per heavy atom. The number of benzene rings is 1. The number of methoxy groups -OCH3 is 1. The van der Waals surface area contributed by atoms with Gasteiger partial charge in [-0.1, -0.05) is 0 Å². The number of amides is 2. The number of carbonyl (C=O) groups is 1. The molecule has 0 aliphatic carbocycles. The molecule has 1 N–H and O–H groups in total. The van der Waals surface area contributed by atoms with Crippen molar-refractivity contribution in [2.45, 2.75) is 6.54 Å². The summed E-state index contributed by atoms with van der Waals surface area (Å²) in [6.45, 7) is 3.59. The van der Waals surface area contributed by atoms with Gasteiger partial charge in [-0.25, -0.2) is 4.79 Å². The Kier molecular flexibility index (Phi) is 6.50. The minimum Gasteiger partial charge on any atom is -0.495 e. The molecule has 33 heavy (non-hydrogen) atoms. The number of nitro groups is 1. The van der Waals surface area contributed by atoms with Crippen LogP contribution in [0.25, 0.3) is 11.0 Å². The molecule has 3 aromatic rings. The van der Waals surface area contributed by atoms with E-state index in [9.17, 15) is 19.7 Å². The second kappa shape index (κ2) is 9.65. The number of pyridine rings is 2. The molecule has 1 fully saturated rings. The fraction of sp³-hybridized carbons (Fsp3) is 0.318. The summed E-state index contributed by atoms with van der Waals surface area (Å²) in [6.07, 6.45) is 1.62. The highest BCUT2D eigenvalue weighted by atomic mass is 16.6. The number of nitrogens with one attached hydrogen (secondary N) is 1. The van der Waals surface area contributed by atoms with Crippen LogP contribution in [0.15, 0.2) is 53.5 Å². The van der Waals surface area contributed by atoms with Crippen LogP contribution in [0.3, 0.4) is 0 Å². The number of urea groups is 1. The summed E-state index contributed by atoms with van der Waals surface area (Å²) >= 11 is 0. The maximum atomic E-state index is 12.5. The van der Waals surface area contributed by atoms with Crippen molar-refractivity contribution >= 4 is 28.4 Å². The molecule has 172 valence electrons. The number of rotatable bonds is 6. The van der Waals surface area contributed by atoms with Crippen molar-refractivity contribution in [1.29, 1.82) is 0 Å². The van der Waals surface area contributed by atoms with E-state index >= 15 is 0 Å². The van der Waals surface area contributed by atoms with E-state index in [1.54, 1.807) is 28.8 Å². The van der Waals surface area contributed by atoms with Crippen LogP contribution < -0.4 is 15.6 Å². The van der Waals surface area contributed by atoms with Crippen molar-refractivity contribution in [3.05, 3.63) is 69.1 Å². The van der Waals surface area contributed by atoms with Gasteiger partial charge in [0.05, 0.1) is 29.3 Å². The first-order chi connectivity index (χ1) is 15.9. The molecule has 0 saturated carbocycles. The molecular weight excluding hydrogens is 428 g/mol. The highest BCUT2D eigenvalue weighted by Crippen LogP contribution is 2.18. The average molecular weight is 452 g/mol. The van der Waals surface area contributed by atoms with E-state index < -0.39 is 4.92 Å². The van der Waals surface area contributed by atoms with Crippen LogP contribution in [-0.2, 0) is 6.54 Å². The lowest BCUT2D eigenvalue weighted by Gasteiger charge is -2.34. The fourth-order valence-electron chi connectivity index (χ4n) is 3.78. The van der Waals surface area contributed by atoms with Crippen LogP contribution in [0.4, 0.5) is 16.2 Å². The molecule has 0 atom stereocenters. The minimum atomic E-state index is -0.482.